The first kappa shape index (κ1) is 14.2. The molecule has 0 aliphatic heterocycles. The maximum absolute atomic E-state index is 12.0. The molecule has 0 aliphatic carbocycles. The molecule has 3 nitrogen and oxygen atoms in total. The molecule has 0 bridgehead atoms. The summed E-state index contributed by atoms with van der Waals surface area (Å²) in [6.45, 7) is 8.19. The number of aryl methyl sites for hydroxylation is 2. The molecule has 1 aromatic carbocycles. The van der Waals surface area contributed by atoms with Gasteiger partial charge in [0.15, 0.2) is 0 Å². The molecule has 4 heteroatoms. The minimum absolute atomic E-state index is 0.0616. The zero-order valence-corrected chi connectivity index (χ0v) is 13.7. The number of H-pyrrole nitrogens is 1. The molecule has 1 N–H and O–H groups in total. The van der Waals surface area contributed by atoms with Gasteiger partial charge in [-0.25, -0.2) is 4.98 Å². The van der Waals surface area contributed by atoms with Gasteiger partial charge in [0, 0.05) is 5.56 Å². The summed E-state index contributed by atoms with van der Waals surface area (Å²) in [6.07, 6.45) is 0. The third kappa shape index (κ3) is 3.05. The number of hydrogen-bond donors (Lipinski definition) is 1. The Balaban J connectivity index is 2.66. The Morgan fingerprint density at radius 1 is 1.16 bits per heavy atom. The van der Waals surface area contributed by atoms with E-state index in [2.05, 4.69) is 52.5 Å². The van der Waals surface area contributed by atoms with Crippen molar-refractivity contribution in [3.8, 4) is 11.4 Å². The molecule has 0 amide bonds. The Labute approximate surface area is 126 Å². The maximum Gasteiger partial charge on any atom is 0.264 e. The van der Waals surface area contributed by atoms with Gasteiger partial charge in [-0.15, -0.1) is 0 Å². The highest BCUT2D eigenvalue weighted by atomic mass is 127. The number of nitrogens with one attached hydrogen (secondary N) is 1. The molecule has 19 heavy (non-hydrogen) atoms. The lowest BCUT2D eigenvalue weighted by atomic mass is 10.1. The number of aromatic amines is 1. The van der Waals surface area contributed by atoms with Crippen LogP contribution < -0.4 is 5.56 Å². The zero-order valence-electron chi connectivity index (χ0n) is 11.5. The van der Waals surface area contributed by atoms with Crippen molar-refractivity contribution in [3.05, 3.63) is 48.9 Å². The molecule has 2 rings (SSSR count). The normalized spacial score (nSPS) is 11.1. The van der Waals surface area contributed by atoms with E-state index >= 15 is 0 Å². The van der Waals surface area contributed by atoms with E-state index in [-0.39, 0.29) is 11.5 Å². The van der Waals surface area contributed by atoms with E-state index in [1.54, 1.807) is 0 Å². The standard InChI is InChI=1S/C15H17IN2O/c1-8(2)13-12(16)15(19)18-14(17-13)11-6-9(3)5-10(4)7-11/h5-8H,1-4H3,(H,17,18,19). The quantitative estimate of drug-likeness (QED) is 0.820. The molecule has 1 aromatic heterocycles. The van der Waals surface area contributed by atoms with Gasteiger partial charge in [0.25, 0.3) is 5.56 Å². The Hall–Kier alpha value is -1.17. The predicted molar refractivity (Wildman–Crippen MR) is 86.6 cm³/mol. The lowest BCUT2D eigenvalue weighted by molar-refractivity contribution is 0.802. The number of rotatable bonds is 2. The zero-order chi connectivity index (χ0) is 14.2. The average Bonchev–Trinajstić information content (AvgIpc) is 2.30. The third-order valence-electron chi connectivity index (χ3n) is 2.93. The number of hydrogen-bond acceptors (Lipinski definition) is 2. The second-order valence-electron chi connectivity index (χ2n) is 5.14. The van der Waals surface area contributed by atoms with Gasteiger partial charge >= 0.3 is 0 Å². The van der Waals surface area contributed by atoms with Crippen molar-refractivity contribution < 1.29 is 0 Å². The van der Waals surface area contributed by atoms with Gasteiger partial charge in [0.2, 0.25) is 0 Å². The maximum atomic E-state index is 12.0. The van der Waals surface area contributed by atoms with Gasteiger partial charge in [0.1, 0.15) is 5.82 Å². The van der Waals surface area contributed by atoms with Crippen LogP contribution >= 0.6 is 22.6 Å². The first-order valence-corrected chi connectivity index (χ1v) is 7.34. The monoisotopic (exact) mass is 368 g/mol. The molecule has 0 unspecified atom stereocenters. The molecule has 0 aliphatic rings. The SMILES string of the molecule is Cc1cc(C)cc(-c2nc(C(C)C)c(I)c(=O)[nH]2)c1. The minimum Gasteiger partial charge on any atom is -0.306 e. The second-order valence-corrected chi connectivity index (χ2v) is 6.22. The van der Waals surface area contributed by atoms with Gasteiger partial charge in [-0.3, -0.25) is 4.79 Å². The van der Waals surface area contributed by atoms with E-state index < -0.39 is 0 Å². The van der Waals surface area contributed by atoms with E-state index in [1.807, 2.05) is 26.0 Å². The second kappa shape index (κ2) is 5.45. The van der Waals surface area contributed by atoms with Gasteiger partial charge in [-0.1, -0.05) is 31.0 Å². The molecule has 0 saturated heterocycles. The molecule has 0 fully saturated rings. The van der Waals surface area contributed by atoms with Crippen LogP contribution in [0.2, 0.25) is 0 Å². The highest BCUT2D eigenvalue weighted by Gasteiger charge is 2.13. The van der Waals surface area contributed by atoms with Crippen LogP contribution in [0.3, 0.4) is 0 Å². The van der Waals surface area contributed by atoms with Gasteiger partial charge in [-0.2, -0.15) is 0 Å². The van der Waals surface area contributed by atoms with Crippen molar-refractivity contribution in [2.45, 2.75) is 33.6 Å². The Morgan fingerprint density at radius 3 is 2.26 bits per heavy atom. The summed E-state index contributed by atoms with van der Waals surface area (Å²) in [6, 6.07) is 6.20. The highest BCUT2D eigenvalue weighted by Crippen LogP contribution is 2.22. The summed E-state index contributed by atoms with van der Waals surface area (Å²) in [5.41, 5.74) is 4.10. The third-order valence-corrected chi connectivity index (χ3v) is 3.97. The molecular formula is C15H17IN2O. The van der Waals surface area contributed by atoms with E-state index in [4.69, 9.17) is 0 Å². The van der Waals surface area contributed by atoms with E-state index in [9.17, 15) is 4.79 Å². The van der Waals surface area contributed by atoms with Crippen LogP contribution in [0.15, 0.2) is 23.0 Å². The summed E-state index contributed by atoms with van der Waals surface area (Å²) >= 11 is 2.06. The van der Waals surface area contributed by atoms with Crippen molar-refractivity contribution >= 4 is 22.6 Å². The molecule has 1 heterocycles. The van der Waals surface area contributed by atoms with Crippen LogP contribution in [0.4, 0.5) is 0 Å². The summed E-state index contributed by atoms with van der Waals surface area (Å²) in [5.74, 6) is 0.889. The van der Waals surface area contributed by atoms with Crippen LogP contribution in [-0.2, 0) is 0 Å². The van der Waals surface area contributed by atoms with Crippen molar-refractivity contribution in [1.82, 2.24) is 9.97 Å². The van der Waals surface area contributed by atoms with Gasteiger partial charge < -0.3 is 4.98 Å². The van der Waals surface area contributed by atoms with Crippen molar-refractivity contribution in [3.63, 3.8) is 0 Å². The molecule has 100 valence electrons. The van der Waals surface area contributed by atoms with Crippen LogP contribution in [0.5, 0.6) is 0 Å². The van der Waals surface area contributed by atoms with Crippen molar-refractivity contribution in [1.29, 1.82) is 0 Å². The van der Waals surface area contributed by atoms with Crippen LogP contribution in [0.1, 0.15) is 36.6 Å². The molecule has 0 atom stereocenters. The number of aromatic nitrogens is 2. The fourth-order valence-corrected chi connectivity index (χ4v) is 2.99. The first-order valence-electron chi connectivity index (χ1n) is 6.27. The predicted octanol–water partition coefficient (Wildman–Crippen LogP) is 3.78. The number of nitrogens with zero attached hydrogens (tertiary/aromatic N) is 1. The summed E-state index contributed by atoms with van der Waals surface area (Å²) in [4.78, 5) is 19.5. The molecule has 2 aromatic rings. The fourth-order valence-electron chi connectivity index (χ4n) is 2.11. The molecular weight excluding hydrogens is 351 g/mol. The number of halogens is 1. The Morgan fingerprint density at radius 2 is 1.74 bits per heavy atom. The molecule has 0 spiro atoms. The lowest BCUT2D eigenvalue weighted by Crippen LogP contribution is -2.17. The smallest absolute Gasteiger partial charge is 0.264 e. The van der Waals surface area contributed by atoms with E-state index in [1.165, 1.54) is 11.1 Å². The largest absolute Gasteiger partial charge is 0.306 e. The van der Waals surface area contributed by atoms with Crippen molar-refractivity contribution in [2.24, 2.45) is 0 Å². The summed E-state index contributed by atoms with van der Waals surface area (Å²) in [7, 11) is 0. The van der Waals surface area contributed by atoms with Gasteiger partial charge in [-0.05, 0) is 54.5 Å². The van der Waals surface area contributed by atoms with E-state index in [0.29, 0.717) is 9.39 Å². The van der Waals surface area contributed by atoms with Crippen LogP contribution in [-0.4, -0.2) is 9.97 Å². The van der Waals surface area contributed by atoms with Crippen LogP contribution in [0, 0.1) is 17.4 Å². The molecule has 0 saturated carbocycles. The highest BCUT2D eigenvalue weighted by molar-refractivity contribution is 14.1. The molecule has 0 radical (unpaired) electrons. The Kier molecular flexibility index (Phi) is 4.08. The average molecular weight is 368 g/mol. The Bertz CT molecular complexity index is 654. The fraction of sp³-hybridized carbons (Fsp3) is 0.333. The minimum atomic E-state index is -0.0616. The summed E-state index contributed by atoms with van der Waals surface area (Å²) in [5, 5.41) is 0. The lowest BCUT2D eigenvalue weighted by Gasteiger charge is -2.10. The number of benzene rings is 1. The summed E-state index contributed by atoms with van der Waals surface area (Å²) < 4.78 is 0.681. The topological polar surface area (TPSA) is 45.8 Å². The van der Waals surface area contributed by atoms with Gasteiger partial charge in [0.05, 0.1) is 9.26 Å². The van der Waals surface area contributed by atoms with E-state index in [0.717, 1.165) is 11.3 Å². The first-order chi connectivity index (χ1) is 8.88. The van der Waals surface area contributed by atoms with Crippen LogP contribution in [0.25, 0.3) is 11.4 Å². The van der Waals surface area contributed by atoms with Crippen molar-refractivity contribution in [2.75, 3.05) is 0 Å².